The summed E-state index contributed by atoms with van der Waals surface area (Å²) in [6, 6.07) is 4.41. The summed E-state index contributed by atoms with van der Waals surface area (Å²) in [4.78, 5) is 24.0. The molecule has 1 aromatic carbocycles. The van der Waals surface area contributed by atoms with Gasteiger partial charge in [-0.3, -0.25) is 4.79 Å². The van der Waals surface area contributed by atoms with Gasteiger partial charge in [-0.05, 0) is 43.4 Å². The van der Waals surface area contributed by atoms with Crippen molar-refractivity contribution in [3.8, 4) is 0 Å². The summed E-state index contributed by atoms with van der Waals surface area (Å²) < 4.78 is 26.1. The standard InChI is InChI=1S/C19H27NO5S/c1-12(2)17(26(24,25)15-7-5-4-6-8-15)18(21)20-16-11-14(19(22)23)10-9-13(16)3/h9-12,15,17H,4-8H2,1-3H3,(H,20,21)(H,22,23). The first-order chi connectivity index (χ1) is 12.1. The molecule has 0 saturated heterocycles. The Morgan fingerprint density at radius 3 is 2.31 bits per heavy atom. The van der Waals surface area contributed by atoms with Crippen LogP contribution < -0.4 is 5.32 Å². The molecule has 1 atom stereocenters. The summed E-state index contributed by atoms with van der Waals surface area (Å²) in [5.41, 5.74) is 1.06. The summed E-state index contributed by atoms with van der Waals surface area (Å²) in [5, 5.41) is 10.2. The van der Waals surface area contributed by atoms with E-state index in [1.165, 1.54) is 12.1 Å². The van der Waals surface area contributed by atoms with Crippen molar-refractivity contribution in [3.05, 3.63) is 29.3 Å². The number of anilines is 1. The molecule has 1 aromatic rings. The molecule has 2 N–H and O–H groups in total. The molecule has 1 aliphatic carbocycles. The first-order valence-electron chi connectivity index (χ1n) is 9.02. The van der Waals surface area contributed by atoms with Crippen LogP contribution in [0.1, 0.15) is 61.9 Å². The smallest absolute Gasteiger partial charge is 0.335 e. The van der Waals surface area contributed by atoms with Gasteiger partial charge in [0.2, 0.25) is 5.91 Å². The number of carboxylic acid groups (broad SMARTS) is 1. The van der Waals surface area contributed by atoms with E-state index in [0.29, 0.717) is 24.1 Å². The molecule has 0 bridgehead atoms. The lowest BCUT2D eigenvalue weighted by Crippen LogP contribution is -2.44. The van der Waals surface area contributed by atoms with E-state index in [0.717, 1.165) is 19.3 Å². The highest BCUT2D eigenvalue weighted by molar-refractivity contribution is 7.93. The van der Waals surface area contributed by atoms with Gasteiger partial charge in [-0.1, -0.05) is 39.2 Å². The number of sulfone groups is 1. The van der Waals surface area contributed by atoms with Crippen LogP contribution in [-0.4, -0.2) is 35.9 Å². The van der Waals surface area contributed by atoms with E-state index in [1.54, 1.807) is 26.8 Å². The second-order valence-electron chi connectivity index (χ2n) is 7.34. The molecule has 6 nitrogen and oxygen atoms in total. The van der Waals surface area contributed by atoms with E-state index in [4.69, 9.17) is 5.11 Å². The Morgan fingerprint density at radius 2 is 1.77 bits per heavy atom. The Balaban J connectivity index is 2.29. The van der Waals surface area contributed by atoms with Gasteiger partial charge in [-0.2, -0.15) is 0 Å². The molecule has 1 fully saturated rings. The molecule has 26 heavy (non-hydrogen) atoms. The predicted molar refractivity (Wildman–Crippen MR) is 101 cm³/mol. The van der Waals surface area contributed by atoms with Gasteiger partial charge in [0.25, 0.3) is 0 Å². The molecule has 0 heterocycles. The number of carbonyl (C=O) groups is 2. The molecule has 144 valence electrons. The summed E-state index contributed by atoms with van der Waals surface area (Å²) in [7, 11) is -3.61. The monoisotopic (exact) mass is 381 g/mol. The minimum atomic E-state index is -3.61. The van der Waals surface area contributed by atoms with E-state index in [2.05, 4.69) is 5.32 Å². The number of aryl methyl sites for hydroxylation is 1. The molecule has 7 heteroatoms. The highest BCUT2D eigenvalue weighted by Crippen LogP contribution is 2.30. The number of carboxylic acids is 1. The topological polar surface area (TPSA) is 101 Å². The van der Waals surface area contributed by atoms with Crippen LogP contribution in [0.5, 0.6) is 0 Å². The third-order valence-corrected chi connectivity index (χ3v) is 7.84. The van der Waals surface area contributed by atoms with Gasteiger partial charge in [-0.25, -0.2) is 13.2 Å². The van der Waals surface area contributed by atoms with Crippen LogP contribution in [0.4, 0.5) is 5.69 Å². The van der Waals surface area contributed by atoms with E-state index in [9.17, 15) is 18.0 Å². The molecule has 1 unspecified atom stereocenters. The number of hydrogen-bond donors (Lipinski definition) is 2. The van der Waals surface area contributed by atoms with Gasteiger partial charge < -0.3 is 10.4 Å². The van der Waals surface area contributed by atoms with Gasteiger partial charge in [0.05, 0.1) is 10.8 Å². The Hall–Kier alpha value is -1.89. The molecule has 0 aliphatic heterocycles. The lowest BCUT2D eigenvalue weighted by atomic mass is 10.0. The SMILES string of the molecule is Cc1ccc(C(=O)O)cc1NC(=O)C(C(C)C)S(=O)(=O)C1CCCCC1. The van der Waals surface area contributed by atoms with Crippen LogP contribution in [0.2, 0.25) is 0 Å². The van der Waals surface area contributed by atoms with Crippen LogP contribution in [0.25, 0.3) is 0 Å². The molecule has 1 amide bonds. The van der Waals surface area contributed by atoms with E-state index < -0.39 is 32.2 Å². The summed E-state index contributed by atoms with van der Waals surface area (Å²) in [5.74, 6) is -2.06. The normalized spacial score (nSPS) is 17.1. The molecular weight excluding hydrogens is 354 g/mol. The van der Waals surface area contributed by atoms with Crippen LogP contribution >= 0.6 is 0 Å². The fourth-order valence-corrected chi connectivity index (χ4v) is 6.05. The summed E-state index contributed by atoms with van der Waals surface area (Å²) in [6.45, 7) is 5.19. The van der Waals surface area contributed by atoms with Crippen molar-refractivity contribution in [2.75, 3.05) is 5.32 Å². The van der Waals surface area contributed by atoms with Crippen LogP contribution in [0, 0.1) is 12.8 Å². The number of amides is 1. The Labute approximate surface area is 154 Å². The zero-order chi connectivity index (χ0) is 19.5. The number of nitrogens with one attached hydrogen (secondary N) is 1. The Morgan fingerprint density at radius 1 is 1.15 bits per heavy atom. The van der Waals surface area contributed by atoms with E-state index in [1.807, 2.05) is 0 Å². The van der Waals surface area contributed by atoms with Crippen LogP contribution in [-0.2, 0) is 14.6 Å². The summed E-state index contributed by atoms with van der Waals surface area (Å²) in [6.07, 6.45) is 3.98. The zero-order valence-corrected chi connectivity index (χ0v) is 16.3. The fourth-order valence-electron chi connectivity index (χ4n) is 3.53. The first kappa shape index (κ1) is 20.4. The second-order valence-corrected chi connectivity index (χ2v) is 9.69. The minimum Gasteiger partial charge on any atom is -0.478 e. The Kier molecular flexibility index (Phi) is 6.44. The average molecular weight is 381 g/mol. The molecule has 2 rings (SSSR count). The minimum absolute atomic E-state index is 0.0436. The number of carbonyl (C=O) groups excluding carboxylic acids is 1. The van der Waals surface area contributed by atoms with Crippen LogP contribution in [0.3, 0.4) is 0 Å². The van der Waals surface area contributed by atoms with Crippen LogP contribution in [0.15, 0.2) is 18.2 Å². The van der Waals surface area contributed by atoms with Crippen molar-refractivity contribution in [2.45, 2.75) is 63.4 Å². The lowest BCUT2D eigenvalue weighted by Gasteiger charge is -2.28. The maximum atomic E-state index is 13.1. The number of rotatable bonds is 6. The Bertz CT molecular complexity index is 779. The highest BCUT2D eigenvalue weighted by Gasteiger charge is 2.41. The zero-order valence-electron chi connectivity index (χ0n) is 15.5. The predicted octanol–water partition coefficient (Wildman–Crippen LogP) is 3.40. The molecule has 0 radical (unpaired) electrons. The largest absolute Gasteiger partial charge is 0.478 e. The second kappa shape index (κ2) is 8.20. The van der Waals surface area contributed by atoms with Crippen molar-refractivity contribution in [1.29, 1.82) is 0 Å². The average Bonchev–Trinajstić information content (AvgIpc) is 2.56. The number of aromatic carboxylic acids is 1. The third kappa shape index (κ3) is 4.44. The van der Waals surface area contributed by atoms with E-state index >= 15 is 0 Å². The summed E-state index contributed by atoms with van der Waals surface area (Å²) >= 11 is 0. The van der Waals surface area contributed by atoms with Gasteiger partial charge in [0.1, 0.15) is 5.25 Å². The number of benzene rings is 1. The van der Waals surface area contributed by atoms with Gasteiger partial charge in [0, 0.05) is 5.69 Å². The third-order valence-electron chi connectivity index (χ3n) is 4.98. The number of hydrogen-bond acceptors (Lipinski definition) is 4. The van der Waals surface area contributed by atoms with Crippen molar-refractivity contribution in [2.24, 2.45) is 5.92 Å². The molecule has 0 aromatic heterocycles. The van der Waals surface area contributed by atoms with Gasteiger partial charge in [-0.15, -0.1) is 0 Å². The maximum absolute atomic E-state index is 13.1. The molecular formula is C19H27NO5S. The molecule has 0 spiro atoms. The fraction of sp³-hybridized carbons (Fsp3) is 0.579. The van der Waals surface area contributed by atoms with Gasteiger partial charge in [0.15, 0.2) is 9.84 Å². The van der Waals surface area contributed by atoms with Crippen molar-refractivity contribution >= 4 is 27.4 Å². The van der Waals surface area contributed by atoms with E-state index in [-0.39, 0.29) is 11.5 Å². The first-order valence-corrected chi connectivity index (χ1v) is 10.6. The van der Waals surface area contributed by atoms with Gasteiger partial charge >= 0.3 is 5.97 Å². The van der Waals surface area contributed by atoms with Crippen molar-refractivity contribution in [1.82, 2.24) is 0 Å². The quantitative estimate of drug-likeness (QED) is 0.786. The van der Waals surface area contributed by atoms with Crippen molar-refractivity contribution in [3.63, 3.8) is 0 Å². The van der Waals surface area contributed by atoms with Crippen molar-refractivity contribution < 1.29 is 23.1 Å². The molecule has 1 saturated carbocycles. The lowest BCUT2D eigenvalue weighted by molar-refractivity contribution is -0.116. The maximum Gasteiger partial charge on any atom is 0.335 e. The molecule has 1 aliphatic rings. The highest BCUT2D eigenvalue weighted by atomic mass is 32.2.